The smallest absolute Gasteiger partial charge is 0.210 e. The molecule has 0 amide bonds. The van der Waals surface area contributed by atoms with Gasteiger partial charge in [-0.1, -0.05) is 58.1 Å². The van der Waals surface area contributed by atoms with Crippen LogP contribution in [0, 0.1) is 13.8 Å². The number of hydrogen-bond donors (Lipinski definition) is 2. The molecule has 0 aliphatic carbocycles. The van der Waals surface area contributed by atoms with Gasteiger partial charge in [-0.15, -0.1) is 20.4 Å². The lowest BCUT2D eigenvalue weighted by atomic mass is 10.2. The lowest BCUT2D eigenvalue weighted by molar-refractivity contribution is 0.875. The first kappa shape index (κ1) is 18.5. The maximum atomic E-state index is 4.27. The Kier molecular flexibility index (Phi) is 5.59. The van der Waals surface area contributed by atoms with Crippen molar-refractivity contribution in [3.05, 3.63) is 69.7 Å². The molecule has 0 atom stereocenters. The highest BCUT2D eigenvalue weighted by atomic mass is 32.1. The molecule has 28 heavy (non-hydrogen) atoms. The minimum absolute atomic E-state index is 0.798. The van der Waals surface area contributed by atoms with Crippen molar-refractivity contribution in [2.45, 2.75) is 26.7 Å². The summed E-state index contributed by atoms with van der Waals surface area (Å²) in [7, 11) is 0. The van der Waals surface area contributed by atoms with E-state index in [1.54, 1.807) is 22.7 Å². The second-order valence-corrected chi connectivity index (χ2v) is 8.61. The highest BCUT2D eigenvalue weighted by Gasteiger charge is 2.09. The van der Waals surface area contributed by atoms with Crippen LogP contribution in [0.1, 0.15) is 21.1 Å². The van der Waals surface area contributed by atoms with Crippen LogP contribution < -0.4 is 10.6 Å². The number of aryl methyl sites for hydroxylation is 4. The molecular weight excluding hydrogens is 388 g/mol. The van der Waals surface area contributed by atoms with Crippen LogP contribution in [-0.4, -0.2) is 20.4 Å². The van der Waals surface area contributed by atoms with Crippen molar-refractivity contribution in [1.82, 2.24) is 20.4 Å². The average Bonchev–Trinajstić information content (AvgIpc) is 3.33. The summed E-state index contributed by atoms with van der Waals surface area (Å²) in [6.07, 6.45) is 1.60. The average molecular weight is 409 g/mol. The monoisotopic (exact) mass is 408 g/mol. The molecule has 6 nitrogen and oxygen atoms in total. The number of rotatable bonds is 7. The summed E-state index contributed by atoms with van der Waals surface area (Å²) >= 11 is 3.14. The molecule has 8 heteroatoms. The Morgan fingerprint density at radius 3 is 1.39 bits per heavy atom. The molecule has 4 rings (SSSR count). The summed E-state index contributed by atoms with van der Waals surface area (Å²) in [5, 5.41) is 27.2. The number of benzene rings is 2. The number of anilines is 4. The molecule has 0 radical (unpaired) electrons. The lowest BCUT2D eigenvalue weighted by Crippen LogP contribution is -1.90. The maximum absolute atomic E-state index is 4.27. The zero-order valence-electron chi connectivity index (χ0n) is 15.6. The number of nitrogens with one attached hydrogen (secondary N) is 2. The molecule has 0 fully saturated rings. The van der Waals surface area contributed by atoms with Gasteiger partial charge in [-0.3, -0.25) is 0 Å². The Labute approximate surface area is 171 Å². The minimum Gasteiger partial charge on any atom is -0.330 e. The standard InChI is InChI=1S/C20H20N6S2/c1-13-3-7-15(8-4-13)21-19-25-23-17(27-19)11-12-18-24-26-20(28-18)22-16-9-5-14(2)6-10-16/h3-10H,11-12H2,1-2H3,(H,21,25)(H,22,26). The Hall–Kier alpha value is -2.84. The zero-order chi connectivity index (χ0) is 19.3. The Bertz CT molecular complexity index is 952. The van der Waals surface area contributed by atoms with Crippen LogP contribution in [0.25, 0.3) is 0 Å². The van der Waals surface area contributed by atoms with E-state index in [1.165, 1.54) is 11.1 Å². The van der Waals surface area contributed by atoms with Gasteiger partial charge in [0.2, 0.25) is 10.3 Å². The van der Waals surface area contributed by atoms with Crippen molar-refractivity contribution in [3.63, 3.8) is 0 Å². The predicted molar refractivity (Wildman–Crippen MR) is 116 cm³/mol. The van der Waals surface area contributed by atoms with E-state index in [0.29, 0.717) is 0 Å². The Morgan fingerprint density at radius 2 is 1.00 bits per heavy atom. The second-order valence-electron chi connectivity index (χ2n) is 6.48. The van der Waals surface area contributed by atoms with Crippen LogP contribution in [0.15, 0.2) is 48.5 Å². The SMILES string of the molecule is Cc1ccc(Nc2nnc(CCc3nnc(Nc4ccc(C)cc4)s3)s2)cc1. The normalized spacial score (nSPS) is 10.8. The molecule has 0 bridgehead atoms. The van der Waals surface area contributed by atoms with Gasteiger partial charge in [0.15, 0.2) is 0 Å². The summed E-state index contributed by atoms with van der Waals surface area (Å²) in [5.41, 5.74) is 4.50. The molecule has 0 unspecified atom stereocenters. The Balaban J connectivity index is 1.31. The van der Waals surface area contributed by atoms with Gasteiger partial charge < -0.3 is 10.6 Å². The lowest BCUT2D eigenvalue weighted by Gasteiger charge is -2.01. The highest BCUT2D eigenvalue weighted by Crippen LogP contribution is 2.24. The minimum atomic E-state index is 0.798. The zero-order valence-corrected chi connectivity index (χ0v) is 17.3. The maximum Gasteiger partial charge on any atom is 0.210 e. The molecule has 4 aromatic rings. The van der Waals surface area contributed by atoms with E-state index in [1.807, 2.05) is 24.3 Å². The van der Waals surface area contributed by atoms with Gasteiger partial charge in [0.05, 0.1) is 0 Å². The quantitative estimate of drug-likeness (QED) is 0.433. The summed E-state index contributed by atoms with van der Waals surface area (Å²) in [6, 6.07) is 16.5. The Morgan fingerprint density at radius 1 is 0.607 bits per heavy atom. The summed E-state index contributed by atoms with van der Waals surface area (Å²) in [4.78, 5) is 0. The van der Waals surface area contributed by atoms with E-state index in [9.17, 15) is 0 Å². The third-order valence-electron chi connectivity index (χ3n) is 4.09. The van der Waals surface area contributed by atoms with Crippen LogP contribution in [-0.2, 0) is 12.8 Å². The molecule has 0 spiro atoms. The van der Waals surface area contributed by atoms with Crippen molar-refractivity contribution in [3.8, 4) is 0 Å². The summed E-state index contributed by atoms with van der Waals surface area (Å²) in [5.74, 6) is 0. The van der Waals surface area contributed by atoms with Crippen molar-refractivity contribution in [2.24, 2.45) is 0 Å². The first-order chi connectivity index (χ1) is 13.6. The number of aromatic nitrogens is 4. The van der Waals surface area contributed by atoms with Gasteiger partial charge in [0, 0.05) is 24.2 Å². The molecule has 2 heterocycles. The third-order valence-corrected chi connectivity index (χ3v) is 5.89. The molecule has 2 N–H and O–H groups in total. The van der Waals surface area contributed by atoms with Gasteiger partial charge in [-0.25, -0.2) is 0 Å². The van der Waals surface area contributed by atoms with Crippen molar-refractivity contribution in [2.75, 3.05) is 10.6 Å². The van der Waals surface area contributed by atoms with Crippen molar-refractivity contribution >= 4 is 44.3 Å². The molecule has 2 aromatic heterocycles. The van der Waals surface area contributed by atoms with E-state index >= 15 is 0 Å². The molecule has 0 aliphatic rings. The molecular formula is C20H20N6S2. The van der Waals surface area contributed by atoms with Gasteiger partial charge >= 0.3 is 0 Å². The summed E-state index contributed by atoms with van der Waals surface area (Å²) in [6.45, 7) is 4.14. The largest absolute Gasteiger partial charge is 0.330 e. The molecule has 0 saturated heterocycles. The van der Waals surface area contributed by atoms with Crippen molar-refractivity contribution < 1.29 is 0 Å². The van der Waals surface area contributed by atoms with E-state index in [2.05, 4.69) is 69.1 Å². The number of nitrogens with zero attached hydrogens (tertiary/aromatic N) is 4. The third kappa shape index (κ3) is 4.90. The highest BCUT2D eigenvalue weighted by molar-refractivity contribution is 7.15. The predicted octanol–water partition coefficient (Wildman–Crippen LogP) is 5.28. The molecule has 2 aromatic carbocycles. The van der Waals surface area contributed by atoms with Crippen LogP contribution in [0.4, 0.5) is 21.6 Å². The van der Waals surface area contributed by atoms with Gasteiger partial charge in [-0.2, -0.15) is 0 Å². The first-order valence-electron chi connectivity index (χ1n) is 8.96. The van der Waals surface area contributed by atoms with Crippen LogP contribution in [0.5, 0.6) is 0 Å². The van der Waals surface area contributed by atoms with E-state index in [0.717, 1.165) is 44.5 Å². The fourth-order valence-electron chi connectivity index (χ4n) is 2.54. The van der Waals surface area contributed by atoms with Crippen LogP contribution in [0.2, 0.25) is 0 Å². The van der Waals surface area contributed by atoms with Gasteiger partial charge in [0.25, 0.3) is 0 Å². The fraction of sp³-hybridized carbons (Fsp3) is 0.200. The second kappa shape index (κ2) is 8.45. The van der Waals surface area contributed by atoms with Crippen LogP contribution in [0.3, 0.4) is 0 Å². The van der Waals surface area contributed by atoms with Gasteiger partial charge in [0.1, 0.15) is 10.0 Å². The fourth-order valence-corrected chi connectivity index (χ4v) is 4.06. The summed E-state index contributed by atoms with van der Waals surface area (Å²) < 4.78 is 0. The number of hydrogen-bond acceptors (Lipinski definition) is 8. The first-order valence-corrected chi connectivity index (χ1v) is 10.6. The molecule has 0 aliphatic heterocycles. The molecule has 0 saturated carbocycles. The molecule has 142 valence electrons. The van der Waals surface area contributed by atoms with E-state index in [-0.39, 0.29) is 0 Å². The van der Waals surface area contributed by atoms with E-state index < -0.39 is 0 Å². The van der Waals surface area contributed by atoms with Crippen LogP contribution >= 0.6 is 22.7 Å². The topological polar surface area (TPSA) is 75.6 Å². The van der Waals surface area contributed by atoms with E-state index in [4.69, 9.17) is 0 Å². The van der Waals surface area contributed by atoms with Crippen molar-refractivity contribution in [1.29, 1.82) is 0 Å². The van der Waals surface area contributed by atoms with Gasteiger partial charge in [-0.05, 0) is 38.1 Å².